The Bertz CT molecular complexity index is 369. The van der Waals surface area contributed by atoms with Gasteiger partial charge in [0.1, 0.15) is 12.0 Å². The molecule has 0 saturated carbocycles. The Labute approximate surface area is 84.3 Å². The lowest BCUT2D eigenvalue weighted by molar-refractivity contribution is 0.422. The van der Waals surface area contributed by atoms with Crippen LogP contribution in [0.5, 0.6) is 0 Å². The number of hydrogen-bond donors (Lipinski definition) is 1. The van der Waals surface area contributed by atoms with Crippen molar-refractivity contribution in [2.75, 3.05) is 7.05 Å². The van der Waals surface area contributed by atoms with Crippen LogP contribution in [0, 0.1) is 0 Å². The maximum Gasteiger partial charge on any atom is 0.124 e. The van der Waals surface area contributed by atoms with Crippen molar-refractivity contribution in [3.8, 4) is 10.6 Å². The predicted molar refractivity (Wildman–Crippen MR) is 54.7 cm³/mol. The Kier molecular flexibility index (Phi) is 2.68. The molecule has 2 rings (SSSR count). The summed E-state index contributed by atoms with van der Waals surface area (Å²) < 4.78 is 9.02. The highest BCUT2D eigenvalue weighted by molar-refractivity contribution is 7.99. The van der Waals surface area contributed by atoms with Crippen LogP contribution in [0.1, 0.15) is 0 Å². The molecule has 0 bridgehead atoms. The molecule has 13 heavy (non-hydrogen) atoms. The second-order valence-corrected chi connectivity index (χ2v) is 4.70. The predicted octanol–water partition coefficient (Wildman–Crippen LogP) is 2.63. The Balaban J connectivity index is 2.23. The van der Waals surface area contributed by atoms with Gasteiger partial charge in [-0.05, 0) is 31.1 Å². The molecule has 5 heteroatoms. The monoisotopic (exact) mass is 212 g/mol. The van der Waals surface area contributed by atoms with Gasteiger partial charge in [0.25, 0.3) is 0 Å². The fraction of sp³-hybridized carbons (Fsp3) is 0.125. The minimum Gasteiger partial charge on any atom is -0.364 e. The van der Waals surface area contributed by atoms with Gasteiger partial charge in [-0.3, -0.25) is 4.72 Å². The van der Waals surface area contributed by atoms with Crippen LogP contribution in [0.15, 0.2) is 33.2 Å². The van der Waals surface area contributed by atoms with E-state index in [4.69, 9.17) is 4.52 Å². The second-order valence-electron chi connectivity index (χ2n) is 2.31. The summed E-state index contributed by atoms with van der Waals surface area (Å²) in [5, 5.41) is 3.87. The van der Waals surface area contributed by atoms with E-state index in [0.717, 1.165) is 10.6 Å². The average molecular weight is 212 g/mol. The molecule has 0 aliphatic heterocycles. The normalized spacial score (nSPS) is 10.5. The molecule has 0 unspecified atom stereocenters. The molecule has 0 aliphatic rings. The van der Waals surface area contributed by atoms with Crippen LogP contribution in [0.4, 0.5) is 0 Å². The van der Waals surface area contributed by atoms with Crippen molar-refractivity contribution in [1.29, 1.82) is 0 Å². The minimum absolute atomic E-state index is 0.896. The molecule has 2 aromatic rings. The standard InChI is InChI=1S/C8H8N2OS2/c1-9-13-8-3-2-7(12-8)6-4-5-11-10-6/h2-5,9H,1H3. The van der Waals surface area contributed by atoms with Crippen LogP contribution in [0.3, 0.4) is 0 Å². The first-order valence-corrected chi connectivity index (χ1v) is 5.37. The molecule has 0 aromatic carbocycles. The lowest BCUT2D eigenvalue weighted by Gasteiger charge is -1.90. The summed E-state index contributed by atoms with van der Waals surface area (Å²) in [4.78, 5) is 1.13. The number of aromatic nitrogens is 1. The van der Waals surface area contributed by atoms with E-state index in [1.807, 2.05) is 19.2 Å². The molecule has 0 fully saturated rings. The zero-order valence-corrected chi connectivity index (χ0v) is 8.61. The van der Waals surface area contributed by atoms with E-state index < -0.39 is 0 Å². The van der Waals surface area contributed by atoms with Gasteiger partial charge in [-0.25, -0.2) is 0 Å². The Morgan fingerprint density at radius 1 is 1.46 bits per heavy atom. The molecule has 2 heterocycles. The molecule has 0 saturated heterocycles. The van der Waals surface area contributed by atoms with Gasteiger partial charge < -0.3 is 4.52 Å². The zero-order chi connectivity index (χ0) is 9.10. The van der Waals surface area contributed by atoms with Crippen LogP contribution >= 0.6 is 23.3 Å². The average Bonchev–Trinajstić information content (AvgIpc) is 2.70. The minimum atomic E-state index is 0.896. The van der Waals surface area contributed by atoms with Crippen LogP contribution in [0.25, 0.3) is 10.6 Å². The first kappa shape index (κ1) is 8.80. The molecular formula is C8H8N2OS2. The highest BCUT2D eigenvalue weighted by atomic mass is 32.2. The van der Waals surface area contributed by atoms with Crippen LogP contribution < -0.4 is 4.72 Å². The topological polar surface area (TPSA) is 38.1 Å². The fourth-order valence-electron chi connectivity index (χ4n) is 0.953. The molecule has 0 amide bonds. The number of thiophene rings is 1. The van der Waals surface area contributed by atoms with Crippen molar-refractivity contribution >= 4 is 23.3 Å². The molecule has 1 N–H and O–H groups in total. The quantitative estimate of drug-likeness (QED) is 0.794. The molecular weight excluding hydrogens is 204 g/mol. The third-order valence-electron chi connectivity index (χ3n) is 1.47. The zero-order valence-electron chi connectivity index (χ0n) is 6.98. The van der Waals surface area contributed by atoms with Crippen molar-refractivity contribution in [3.63, 3.8) is 0 Å². The maximum atomic E-state index is 4.77. The molecule has 0 spiro atoms. The fourth-order valence-corrected chi connectivity index (χ4v) is 2.67. The molecule has 3 nitrogen and oxygen atoms in total. The molecule has 0 atom stereocenters. The van der Waals surface area contributed by atoms with E-state index in [-0.39, 0.29) is 0 Å². The summed E-state index contributed by atoms with van der Waals surface area (Å²) in [6.45, 7) is 0. The first-order chi connectivity index (χ1) is 6.40. The highest BCUT2D eigenvalue weighted by Crippen LogP contribution is 2.31. The summed E-state index contributed by atoms with van der Waals surface area (Å²) in [5.74, 6) is 0. The van der Waals surface area contributed by atoms with E-state index in [0.29, 0.717) is 0 Å². The smallest absolute Gasteiger partial charge is 0.124 e. The molecule has 0 aliphatic carbocycles. The van der Waals surface area contributed by atoms with E-state index in [1.54, 1.807) is 29.5 Å². The number of hydrogen-bond acceptors (Lipinski definition) is 5. The van der Waals surface area contributed by atoms with Crippen LogP contribution in [0.2, 0.25) is 0 Å². The number of nitrogens with one attached hydrogen (secondary N) is 1. The number of nitrogens with zero attached hydrogens (tertiary/aromatic N) is 1. The van der Waals surface area contributed by atoms with Gasteiger partial charge in [-0.1, -0.05) is 5.16 Å². The largest absolute Gasteiger partial charge is 0.364 e. The van der Waals surface area contributed by atoms with E-state index in [1.165, 1.54) is 4.21 Å². The van der Waals surface area contributed by atoms with Gasteiger partial charge in [0, 0.05) is 6.07 Å². The Morgan fingerprint density at radius 2 is 2.38 bits per heavy atom. The highest BCUT2D eigenvalue weighted by Gasteiger charge is 2.04. The third-order valence-corrected chi connectivity index (χ3v) is 3.42. The van der Waals surface area contributed by atoms with E-state index >= 15 is 0 Å². The van der Waals surface area contributed by atoms with Gasteiger partial charge in [0.2, 0.25) is 0 Å². The maximum absolute atomic E-state index is 4.77. The van der Waals surface area contributed by atoms with Crippen LogP contribution in [-0.4, -0.2) is 12.2 Å². The summed E-state index contributed by atoms with van der Waals surface area (Å²) in [5.41, 5.74) is 0.896. The van der Waals surface area contributed by atoms with Gasteiger partial charge in [-0.15, -0.1) is 11.3 Å². The summed E-state index contributed by atoms with van der Waals surface area (Å²) in [6, 6.07) is 5.97. The number of rotatable bonds is 3. The van der Waals surface area contributed by atoms with Gasteiger partial charge in [0.15, 0.2) is 0 Å². The second kappa shape index (κ2) is 3.95. The van der Waals surface area contributed by atoms with Gasteiger partial charge in [0.05, 0.1) is 9.09 Å². The molecule has 2 aromatic heterocycles. The molecule has 68 valence electrons. The lowest BCUT2D eigenvalue weighted by Crippen LogP contribution is -1.87. The summed E-state index contributed by atoms with van der Waals surface area (Å²) in [7, 11) is 1.90. The lowest BCUT2D eigenvalue weighted by atomic mass is 10.3. The Hall–Kier alpha value is -0.780. The third kappa shape index (κ3) is 1.93. The Morgan fingerprint density at radius 3 is 3.08 bits per heavy atom. The van der Waals surface area contributed by atoms with Gasteiger partial charge >= 0.3 is 0 Å². The SMILES string of the molecule is CNSc1ccc(-c2ccon2)s1. The van der Waals surface area contributed by atoms with Gasteiger partial charge in [-0.2, -0.15) is 0 Å². The van der Waals surface area contributed by atoms with E-state index in [2.05, 4.69) is 15.9 Å². The van der Waals surface area contributed by atoms with E-state index in [9.17, 15) is 0 Å². The van der Waals surface area contributed by atoms with Crippen molar-refractivity contribution < 1.29 is 4.52 Å². The van der Waals surface area contributed by atoms with Crippen molar-refractivity contribution in [1.82, 2.24) is 9.88 Å². The molecule has 0 radical (unpaired) electrons. The van der Waals surface area contributed by atoms with Crippen molar-refractivity contribution in [3.05, 3.63) is 24.5 Å². The van der Waals surface area contributed by atoms with Crippen molar-refractivity contribution in [2.45, 2.75) is 4.21 Å². The van der Waals surface area contributed by atoms with Crippen LogP contribution in [-0.2, 0) is 0 Å². The van der Waals surface area contributed by atoms with Crippen molar-refractivity contribution in [2.24, 2.45) is 0 Å². The first-order valence-electron chi connectivity index (χ1n) is 3.74. The summed E-state index contributed by atoms with van der Waals surface area (Å²) in [6.07, 6.45) is 1.58. The summed E-state index contributed by atoms with van der Waals surface area (Å²) >= 11 is 3.30.